The number of aromatic nitrogens is 2. The molecule has 0 radical (unpaired) electrons. The summed E-state index contributed by atoms with van der Waals surface area (Å²) in [6, 6.07) is 7.08. The van der Waals surface area contributed by atoms with Crippen molar-refractivity contribution >= 4 is 83.3 Å². The first kappa shape index (κ1) is 18.6. The standard InChI is InChI=1S/C18H8BrClF2IN3O/c19-7-1-2-9-10(3-7)14-16(13(23)6-24-18(14)27)26-17(9)25-15-11(20)4-8(21)5-12(15)22/h1-6H,(H,24,27)(H,25,26). The van der Waals surface area contributed by atoms with Gasteiger partial charge in [0, 0.05) is 27.5 Å². The zero-order valence-electron chi connectivity index (χ0n) is 13.2. The van der Waals surface area contributed by atoms with Gasteiger partial charge in [0.05, 0.1) is 25.2 Å². The van der Waals surface area contributed by atoms with Gasteiger partial charge in [-0.1, -0.05) is 27.5 Å². The minimum Gasteiger partial charge on any atom is -0.336 e. The van der Waals surface area contributed by atoms with Crippen molar-refractivity contribution in [2.75, 3.05) is 5.32 Å². The molecular weight excluding hydrogens is 554 g/mol. The van der Waals surface area contributed by atoms with Crippen LogP contribution in [0.3, 0.4) is 0 Å². The highest BCUT2D eigenvalue weighted by atomic mass is 127. The lowest BCUT2D eigenvalue weighted by atomic mass is 10.1. The second-order valence-corrected chi connectivity index (χ2v) is 8.19. The van der Waals surface area contributed by atoms with Gasteiger partial charge in [0.2, 0.25) is 0 Å². The molecule has 27 heavy (non-hydrogen) atoms. The van der Waals surface area contributed by atoms with Crippen LogP contribution in [0.15, 0.2) is 45.8 Å². The third-order valence-electron chi connectivity index (χ3n) is 4.00. The van der Waals surface area contributed by atoms with Crippen molar-refractivity contribution in [3.05, 3.63) is 71.6 Å². The second-order valence-electron chi connectivity index (χ2n) is 5.71. The fraction of sp³-hybridized carbons (Fsp3) is 0. The number of nitrogens with one attached hydrogen (secondary N) is 2. The molecule has 2 heterocycles. The molecule has 2 aromatic heterocycles. The van der Waals surface area contributed by atoms with E-state index < -0.39 is 11.6 Å². The maximum absolute atomic E-state index is 14.2. The van der Waals surface area contributed by atoms with E-state index in [0.717, 1.165) is 20.2 Å². The summed E-state index contributed by atoms with van der Waals surface area (Å²) in [4.78, 5) is 19.6. The summed E-state index contributed by atoms with van der Waals surface area (Å²) in [5.41, 5.74) is 0.0960. The first-order valence-electron chi connectivity index (χ1n) is 7.57. The molecule has 0 fully saturated rings. The molecule has 0 bridgehead atoms. The molecule has 4 rings (SSSR count). The van der Waals surface area contributed by atoms with Crippen LogP contribution in [0.4, 0.5) is 20.3 Å². The van der Waals surface area contributed by atoms with Crippen LogP contribution in [0.1, 0.15) is 0 Å². The van der Waals surface area contributed by atoms with E-state index in [9.17, 15) is 13.6 Å². The molecule has 0 aliphatic heterocycles. The summed E-state index contributed by atoms with van der Waals surface area (Å²) in [6.07, 6.45) is 1.55. The average Bonchev–Trinajstić information content (AvgIpc) is 2.60. The molecule has 0 saturated carbocycles. The van der Waals surface area contributed by atoms with Gasteiger partial charge in [0.15, 0.2) is 5.82 Å². The van der Waals surface area contributed by atoms with Gasteiger partial charge >= 0.3 is 0 Å². The molecule has 0 amide bonds. The zero-order valence-corrected chi connectivity index (χ0v) is 17.7. The Hall–Kier alpha value is -1.78. The summed E-state index contributed by atoms with van der Waals surface area (Å²) in [7, 11) is 0. The topological polar surface area (TPSA) is 57.8 Å². The molecule has 0 atom stereocenters. The fourth-order valence-corrected chi connectivity index (χ4v) is 3.98. The summed E-state index contributed by atoms with van der Waals surface area (Å²) >= 11 is 11.5. The van der Waals surface area contributed by atoms with E-state index >= 15 is 0 Å². The number of hydrogen-bond acceptors (Lipinski definition) is 3. The largest absolute Gasteiger partial charge is 0.336 e. The van der Waals surface area contributed by atoms with E-state index in [-0.39, 0.29) is 16.3 Å². The van der Waals surface area contributed by atoms with Crippen LogP contribution in [0, 0.1) is 15.2 Å². The first-order chi connectivity index (χ1) is 12.8. The van der Waals surface area contributed by atoms with Gasteiger partial charge in [-0.3, -0.25) is 4.79 Å². The van der Waals surface area contributed by atoms with Gasteiger partial charge in [-0.2, -0.15) is 0 Å². The minimum absolute atomic E-state index is 0.0889. The molecule has 0 aliphatic carbocycles. The summed E-state index contributed by atoms with van der Waals surface area (Å²) in [6.45, 7) is 0. The number of anilines is 2. The molecular formula is C18H8BrClF2IN3O. The summed E-state index contributed by atoms with van der Waals surface area (Å²) in [5, 5.41) is 4.40. The molecule has 0 aliphatic rings. The van der Waals surface area contributed by atoms with E-state index in [0.29, 0.717) is 27.5 Å². The Kier molecular flexibility index (Phi) is 4.81. The van der Waals surface area contributed by atoms with Crippen molar-refractivity contribution in [3.63, 3.8) is 0 Å². The Morgan fingerprint density at radius 1 is 1.19 bits per heavy atom. The van der Waals surface area contributed by atoms with Crippen molar-refractivity contribution in [2.45, 2.75) is 0 Å². The highest BCUT2D eigenvalue weighted by Crippen LogP contribution is 2.35. The van der Waals surface area contributed by atoms with E-state index in [1.165, 1.54) is 0 Å². The van der Waals surface area contributed by atoms with Gasteiger partial charge in [-0.05, 0) is 46.9 Å². The molecule has 0 spiro atoms. The number of rotatable bonds is 2. The molecule has 2 aromatic carbocycles. The molecule has 0 saturated heterocycles. The summed E-state index contributed by atoms with van der Waals surface area (Å²) < 4.78 is 29.1. The smallest absolute Gasteiger partial charge is 0.258 e. The molecule has 2 N–H and O–H groups in total. The van der Waals surface area contributed by atoms with Crippen molar-refractivity contribution in [2.24, 2.45) is 0 Å². The van der Waals surface area contributed by atoms with Crippen LogP contribution in [-0.4, -0.2) is 9.97 Å². The maximum Gasteiger partial charge on any atom is 0.258 e. The van der Waals surface area contributed by atoms with Crippen molar-refractivity contribution in [1.82, 2.24) is 9.97 Å². The van der Waals surface area contributed by atoms with Gasteiger partial charge in [-0.15, -0.1) is 0 Å². The van der Waals surface area contributed by atoms with Crippen LogP contribution in [0.2, 0.25) is 5.02 Å². The van der Waals surface area contributed by atoms with Crippen molar-refractivity contribution < 1.29 is 8.78 Å². The van der Waals surface area contributed by atoms with Gasteiger partial charge in [0.1, 0.15) is 11.6 Å². The Morgan fingerprint density at radius 2 is 1.96 bits per heavy atom. The lowest BCUT2D eigenvalue weighted by Gasteiger charge is -2.14. The first-order valence-corrected chi connectivity index (χ1v) is 9.82. The van der Waals surface area contributed by atoms with E-state index in [1.54, 1.807) is 24.4 Å². The Morgan fingerprint density at radius 3 is 2.70 bits per heavy atom. The number of pyridine rings is 2. The Labute approximate surface area is 178 Å². The predicted molar refractivity (Wildman–Crippen MR) is 115 cm³/mol. The molecule has 136 valence electrons. The number of aromatic amines is 1. The fourth-order valence-electron chi connectivity index (χ4n) is 2.83. The SMILES string of the molecule is O=c1[nH]cc(I)c2nc(Nc3c(F)cc(F)cc3Cl)c3ccc(Br)cc3c12. The average molecular weight is 563 g/mol. The number of fused-ring (bicyclic) bond motifs is 3. The Bertz CT molecular complexity index is 1270. The highest BCUT2D eigenvalue weighted by molar-refractivity contribution is 14.1. The number of nitrogens with zero attached hydrogens (tertiary/aromatic N) is 1. The lowest BCUT2D eigenvalue weighted by molar-refractivity contribution is 0.586. The number of benzene rings is 2. The normalized spacial score (nSPS) is 11.3. The lowest BCUT2D eigenvalue weighted by Crippen LogP contribution is -2.09. The molecule has 4 nitrogen and oxygen atoms in total. The highest BCUT2D eigenvalue weighted by Gasteiger charge is 2.17. The van der Waals surface area contributed by atoms with E-state index in [1.807, 2.05) is 0 Å². The summed E-state index contributed by atoms with van der Waals surface area (Å²) in [5.74, 6) is -1.31. The van der Waals surface area contributed by atoms with Gasteiger partial charge in [0.25, 0.3) is 5.56 Å². The third kappa shape index (κ3) is 3.30. The van der Waals surface area contributed by atoms with Crippen molar-refractivity contribution in [3.8, 4) is 0 Å². The van der Waals surface area contributed by atoms with E-state index in [4.69, 9.17) is 11.6 Å². The van der Waals surface area contributed by atoms with Crippen LogP contribution in [0.25, 0.3) is 21.7 Å². The molecule has 4 aromatic rings. The van der Waals surface area contributed by atoms with Gasteiger partial charge in [-0.25, -0.2) is 13.8 Å². The van der Waals surface area contributed by atoms with Crippen LogP contribution in [-0.2, 0) is 0 Å². The van der Waals surface area contributed by atoms with E-state index in [2.05, 4.69) is 53.8 Å². The zero-order chi connectivity index (χ0) is 19.3. The molecule has 9 heteroatoms. The second kappa shape index (κ2) is 6.99. The van der Waals surface area contributed by atoms with Crippen LogP contribution < -0.4 is 10.9 Å². The Balaban J connectivity index is 2.06. The third-order valence-corrected chi connectivity index (χ3v) is 5.61. The predicted octanol–water partition coefficient (Wildman–Crippen LogP) is 6.12. The number of H-pyrrole nitrogens is 1. The van der Waals surface area contributed by atoms with Crippen molar-refractivity contribution in [1.29, 1.82) is 0 Å². The molecule has 0 unspecified atom stereocenters. The number of halogens is 5. The van der Waals surface area contributed by atoms with Crippen LogP contribution >= 0.6 is 50.1 Å². The number of hydrogen-bond donors (Lipinski definition) is 2. The maximum atomic E-state index is 14.2. The quantitative estimate of drug-likeness (QED) is 0.229. The monoisotopic (exact) mass is 561 g/mol. The van der Waals surface area contributed by atoms with Crippen LogP contribution in [0.5, 0.6) is 0 Å². The minimum atomic E-state index is -0.840. The van der Waals surface area contributed by atoms with Gasteiger partial charge < -0.3 is 10.3 Å².